The van der Waals surface area contributed by atoms with Crippen LogP contribution >= 0.6 is 12.4 Å². The van der Waals surface area contributed by atoms with Crippen molar-refractivity contribution in [3.05, 3.63) is 36.2 Å². The van der Waals surface area contributed by atoms with Crippen LogP contribution in [0.15, 0.2) is 30.6 Å². The lowest BCUT2D eigenvalue weighted by molar-refractivity contribution is 0.785. The molecular formula is C8H9ClN4. The number of aryl methyl sites for hydroxylation is 1. The third-order valence-corrected chi connectivity index (χ3v) is 1.71. The van der Waals surface area contributed by atoms with Gasteiger partial charge in [0.05, 0.1) is 5.69 Å². The third kappa shape index (κ3) is 1.84. The first-order chi connectivity index (χ1) is 5.88. The van der Waals surface area contributed by atoms with Crippen LogP contribution in [-0.2, 0) is 0 Å². The van der Waals surface area contributed by atoms with E-state index in [1.54, 1.807) is 11.0 Å². The van der Waals surface area contributed by atoms with Crippen LogP contribution in [0.25, 0.3) is 5.69 Å². The summed E-state index contributed by atoms with van der Waals surface area (Å²) in [5.41, 5.74) is 2.17. The first kappa shape index (κ1) is 9.67. The van der Waals surface area contributed by atoms with Gasteiger partial charge in [0.25, 0.3) is 0 Å². The lowest BCUT2D eigenvalue weighted by Gasteiger charge is -2.01. The van der Waals surface area contributed by atoms with Gasteiger partial charge in [-0.3, -0.25) is 0 Å². The molecule has 2 aromatic rings. The highest BCUT2D eigenvalue weighted by Crippen LogP contribution is 2.09. The highest BCUT2D eigenvalue weighted by atomic mass is 35.5. The van der Waals surface area contributed by atoms with Crippen molar-refractivity contribution in [2.45, 2.75) is 6.92 Å². The van der Waals surface area contributed by atoms with Gasteiger partial charge in [0.15, 0.2) is 0 Å². The molecule has 1 aromatic heterocycles. The molecule has 4 nitrogen and oxygen atoms in total. The Hall–Kier alpha value is -1.42. The van der Waals surface area contributed by atoms with Crippen molar-refractivity contribution in [3.63, 3.8) is 0 Å². The highest BCUT2D eigenvalue weighted by molar-refractivity contribution is 5.85. The van der Waals surface area contributed by atoms with Crippen molar-refractivity contribution in [2.24, 2.45) is 0 Å². The van der Waals surface area contributed by atoms with Gasteiger partial charge in [-0.1, -0.05) is 18.2 Å². The van der Waals surface area contributed by atoms with E-state index in [-0.39, 0.29) is 12.4 Å². The van der Waals surface area contributed by atoms with Gasteiger partial charge in [0, 0.05) is 0 Å². The predicted octanol–water partition coefficient (Wildman–Crippen LogP) is 1.39. The van der Waals surface area contributed by atoms with Crippen molar-refractivity contribution >= 4 is 12.4 Å². The van der Waals surface area contributed by atoms with E-state index in [0.29, 0.717) is 0 Å². The Balaban J connectivity index is 0.000000845. The van der Waals surface area contributed by atoms with E-state index in [1.807, 2.05) is 31.2 Å². The molecule has 1 heterocycles. The normalized spacial score (nSPS) is 9.31. The summed E-state index contributed by atoms with van der Waals surface area (Å²) in [6.45, 7) is 2.02. The summed E-state index contributed by atoms with van der Waals surface area (Å²) in [7, 11) is 0. The summed E-state index contributed by atoms with van der Waals surface area (Å²) in [5, 5.41) is 10.9. The van der Waals surface area contributed by atoms with Crippen molar-refractivity contribution in [1.29, 1.82) is 0 Å². The van der Waals surface area contributed by atoms with Gasteiger partial charge in [-0.2, -0.15) is 0 Å². The molecule has 0 aliphatic rings. The number of rotatable bonds is 1. The SMILES string of the molecule is Cc1ccccc1-n1cnnn1.Cl. The molecule has 68 valence electrons. The second kappa shape index (κ2) is 4.00. The molecule has 0 N–H and O–H groups in total. The Morgan fingerprint density at radius 3 is 2.62 bits per heavy atom. The number of nitrogens with zero attached hydrogens (tertiary/aromatic N) is 4. The number of para-hydroxylation sites is 1. The second-order valence-electron chi connectivity index (χ2n) is 2.54. The van der Waals surface area contributed by atoms with Gasteiger partial charge < -0.3 is 0 Å². The molecule has 0 saturated heterocycles. The quantitative estimate of drug-likeness (QED) is 0.693. The Labute approximate surface area is 82.0 Å². The minimum Gasteiger partial charge on any atom is -0.200 e. The van der Waals surface area contributed by atoms with Crippen LogP contribution in [0.2, 0.25) is 0 Å². The molecule has 0 unspecified atom stereocenters. The Bertz CT molecular complexity index is 371. The summed E-state index contributed by atoms with van der Waals surface area (Å²) in [4.78, 5) is 0. The first-order valence-corrected chi connectivity index (χ1v) is 3.67. The predicted molar refractivity (Wildman–Crippen MR) is 51.1 cm³/mol. The average molecular weight is 197 g/mol. The number of halogens is 1. The van der Waals surface area contributed by atoms with Gasteiger partial charge in [-0.05, 0) is 29.0 Å². The smallest absolute Gasteiger partial charge is 0.143 e. The van der Waals surface area contributed by atoms with Crippen molar-refractivity contribution in [2.75, 3.05) is 0 Å². The molecule has 0 spiro atoms. The number of tetrazole rings is 1. The lowest BCUT2D eigenvalue weighted by Crippen LogP contribution is -1.96. The van der Waals surface area contributed by atoms with Crippen LogP contribution in [0.1, 0.15) is 5.56 Å². The molecule has 5 heteroatoms. The van der Waals surface area contributed by atoms with Gasteiger partial charge in [0.1, 0.15) is 6.33 Å². The lowest BCUT2D eigenvalue weighted by atomic mass is 10.2. The monoisotopic (exact) mass is 196 g/mol. The summed E-state index contributed by atoms with van der Waals surface area (Å²) < 4.78 is 1.65. The van der Waals surface area contributed by atoms with E-state index in [4.69, 9.17) is 0 Å². The summed E-state index contributed by atoms with van der Waals surface area (Å²) in [5.74, 6) is 0. The van der Waals surface area contributed by atoms with E-state index in [1.165, 1.54) is 0 Å². The fourth-order valence-electron chi connectivity index (χ4n) is 1.09. The molecule has 0 fully saturated rings. The summed E-state index contributed by atoms with van der Waals surface area (Å²) >= 11 is 0. The van der Waals surface area contributed by atoms with E-state index in [2.05, 4.69) is 15.5 Å². The highest BCUT2D eigenvalue weighted by Gasteiger charge is 1.98. The molecule has 1 aromatic carbocycles. The Kier molecular flexibility index (Phi) is 2.97. The Morgan fingerprint density at radius 1 is 1.23 bits per heavy atom. The average Bonchev–Trinajstić information content (AvgIpc) is 2.57. The van der Waals surface area contributed by atoms with Crippen molar-refractivity contribution < 1.29 is 0 Å². The molecule has 0 saturated carbocycles. The minimum atomic E-state index is 0. The summed E-state index contributed by atoms with van der Waals surface area (Å²) in [6.07, 6.45) is 1.59. The van der Waals surface area contributed by atoms with Crippen LogP contribution < -0.4 is 0 Å². The van der Waals surface area contributed by atoms with Crippen LogP contribution in [0.4, 0.5) is 0 Å². The molecule has 0 aliphatic heterocycles. The van der Waals surface area contributed by atoms with Gasteiger partial charge >= 0.3 is 0 Å². The van der Waals surface area contributed by atoms with E-state index in [9.17, 15) is 0 Å². The van der Waals surface area contributed by atoms with Gasteiger partial charge in [-0.15, -0.1) is 17.5 Å². The van der Waals surface area contributed by atoms with Crippen LogP contribution in [0.5, 0.6) is 0 Å². The van der Waals surface area contributed by atoms with Gasteiger partial charge in [0.2, 0.25) is 0 Å². The third-order valence-electron chi connectivity index (χ3n) is 1.71. The standard InChI is InChI=1S/C8H8N4.ClH/c1-7-4-2-3-5-8(7)12-6-9-10-11-12;/h2-6H,1H3;1H. The molecule has 0 atom stereocenters. The zero-order valence-corrected chi connectivity index (χ0v) is 7.90. The molecule has 0 radical (unpaired) electrons. The van der Waals surface area contributed by atoms with E-state index >= 15 is 0 Å². The molecule has 0 bridgehead atoms. The second-order valence-corrected chi connectivity index (χ2v) is 2.54. The van der Waals surface area contributed by atoms with Crippen LogP contribution in [0.3, 0.4) is 0 Å². The van der Waals surface area contributed by atoms with Crippen LogP contribution in [-0.4, -0.2) is 20.2 Å². The fraction of sp³-hybridized carbons (Fsp3) is 0.125. The van der Waals surface area contributed by atoms with Gasteiger partial charge in [-0.25, -0.2) is 4.68 Å². The largest absolute Gasteiger partial charge is 0.200 e. The maximum atomic E-state index is 3.80. The maximum Gasteiger partial charge on any atom is 0.143 e. The zero-order chi connectivity index (χ0) is 8.39. The Morgan fingerprint density at radius 2 is 2.00 bits per heavy atom. The number of hydrogen-bond donors (Lipinski definition) is 0. The first-order valence-electron chi connectivity index (χ1n) is 3.67. The molecular weight excluding hydrogens is 188 g/mol. The number of hydrogen-bond acceptors (Lipinski definition) is 3. The van der Waals surface area contributed by atoms with Crippen LogP contribution in [0, 0.1) is 6.92 Å². The fourth-order valence-corrected chi connectivity index (χ4v) is 1.09. The molecule has 0 amide bonds. The van der Waals surface area contributed by atoms with E-state index in [0.717, 1.165) is 11.3 Å². The zero-order valence-electron chi connectivity index (χ0n) is 7.08. The van der Waals surface area contributed by atoms with E-state index < -0.39 is 0 Å². The molecule has 0 aliphatic carbocycles. The molecule has 13 heavy (non-hydrogen) atoms. The summed E-state index contributed by atoms with van der Waals surface area (Å²) in [6, 6.07) is 7.95. The number of benzene rings is 1. The van der Waals surface area contributed by atoms with Crippen molar-refractivity contribution in [3.8, 4) is 5.69 Å². The van der Waals surface area contributed by atoms with Crippen molar-refractivity contribution in [1.82, 2.24) is 20.2 Å². The number of aromatic nitrogens is 4. The maximum absolute atomic E-state index is 3.80. The minimum absolute atomic E-state index is 0. The topological polar surface area (TPSA) is 43.6 Å². The molecule has 2 rings (SSSR count).